The van der Waals surface area contributed by atoms with Crippen molar-refractivity contribution in [2.75, 3.05) is 0 Å². The molecule has 0 aliphatic carbocycles. The second-order valence-corrected chi connectivity index (χ2v) is 3.52. The van der Waals surface area contributed by atoms with Crippen molar-refractivity contribution in [1.82, 2.24) is 0 Å². The van der Waals surface area contributed by atoms with Crippen LogP contribution in [0.5, 0.6) is 11.5 Å². The minimum atomic E-state index is -5.08. The van der Waals surface area contributed by atoms with Gasteiger partial charge in [-0.05, 0) is 35.0 Å². The lowest BCUT2D eigenvalue weighted by atomic mass is 10.1. The van der Waals surface area contributed by atoms with Gasteiger partial charge in [0.1, 0.15) is 11.5 Å². The lowest BCUT2D eigenvalue weighted by Crippen LogP contribution is -2.21. The van der Waals surface area contributed by atoms with Crippen LogP contribution >= 0.6 is 0 Å². The van der Waals surface area contributed by atoms with Gasteiger partial charge in [-0.15, -0.1) is 0 Å². The minimum absolute atomic E-state index is 0.216. The number of carboxylic acids is 1. The Labute approximate surface area is 105 Å². The molecule has 2 rings (SSSR count). The fourth-order valence-corrected chi connectivity index (χ4v) is 1.22. The summed E-state index contributed by atoms with van der Waals surface area (Å²) in [5.74, 6) is -2.33. The lowest BCUT2D eigenvalue weighted by molar-refractivity contribution is -0.192. The Morgan fingerprint density at radius 3 is 1.58 bits per heavy atom. The van der Waals surface area contributed by atoms with Gasteiger partial charge in [0.2, 0.25) is 0 Å². The molecule has 2 aromatic carbocycles. The van der Waals surface area contributed by atoms with E-state index < -0.39 is 12.1 Å². The van der Waals surface area contributed by atoms with Crippen molar-refractivity contribution < 1.29 is 33.3 Å². The van der Waals surface area contributed by atoms with Crippen LogP contribution in [0.2, 0.25) is 0 Å². The predicted octanol–water partition coefficient (Wildman–Crippen LogP) is 2.88. The van der Waals surface area contributed by atoms with Crippen LogP contribution in [0.15, 0.2) is 36.4 Å². The van der Waals surface area contributed by atoms with Crippen molar-refractivity contribution in [2.45, 2.75) is 6.18 Å². The fourth-order valence-electron chi connectivity index (χ4n) is 1.22. The summed E-state index contributed by atoms with van der Waals surface area (Å²) in [7, 11) is 0. The molecule has 0 saturated carbocycles. The number of alkyl halides is 3. The number of carboxylic acid groups (broad SMARTS) is 1. The molecule has 102 valence electrons. The Morgan fingerprint density at radius 2 is 1.26 bits per heavy atom. The quantitative estimate of drug-likeness (QED) is 0.690. The number of carbonyl (C=O) groups is 1. The number of benzene rings is 2. The second kappa shape index (κ2) is 5.47. The van der Waals surface area contributed by atoms with Crippen LogP contribution < -0.4 is 0 Å². The summed E-state index contributed by atoms with van der Waals surface area (Å²) >= 11 is 0. The number of fused-ring (bicyclic) bond motifs is 1. The molecule has 0 bridgehead atoms. The number of phenols is 2. The SMILES string of the molecule is O=C(O)C(F)(F)F.Oc1ccc2ccc(O)cc2c1. The van der Waals surface area contributed by atoms with Crippen LogP contribution in [0.4, 0.5) is 13.2 Å². The average Bonchev–Trinajstić information content (AvgIpc) is 2.27. The highest BCUT2D eigenvalue weighted by Crippen LogP contribution is 2.23. The van der Waals surface area contributed by atoms with Crippen LogP contribution in [0, 0.1) is 0 Å². The van der Waals surface area contributed by atoms with E-state index in [-0.39, 0.29) is 11.5 Å². The molecule has 0 unspecified atom stereocenters. The number of aliphatic carboxylic acids is 1. The van der Waals surface area contributed by atoms with Crippen molar-refractivity contribution >= 4 is 16.7 Å². The lowest BCUT2D eigenvalue weighted by Gasteiger charge is -1.98. The Hall–Kier alpha value is -2.44. The first kappa shape index (κ1) is 14.6. The molecule has 0 spiro atoms. The number of aromatic hydroxyl groups is 2. The highest BCUT2D eigenvalue weighted by molar-refractivity contribution is 5.85. The van der Waals surface area contributed by atoms with Crippen LogP contribution in [-0.2, 0) is 4.79 Å². The highest BCUT2D eigenvalue weighted by Gasteiger charge is 2.38. The summed E-state index contributed by atoms with van der Waals surface area (Å²) in [4.78, 5) is 8.90. The summed E-state index contributed by atoms with van der Waals surface area (Å²) < 4.78 is 31.7. The van der Waals surface area contributed by atoms with Gasteiger partial charge in [0.25, 0.3) is 0 Å². The largest absolute Gasteiger partial charge is 0.508 e. The molecule has 19 heavy (non-hydrogen) atoms. The van der Waals surface area contributed by atoms with E-state index in [9.17, 15) is 13.2 Å². The molecule has 0 aliphatic rings. The van der Waals surface area contributed by atoms with Crippen LogP contribution in [-0.4, -0.2) is 27.5 Å². The summed E-state index contributed by atoms with van der Waals surface area (Å²) in [6.45, 7) is 0. The number of hydrogen-bond donors (Lipinski definition) is 3. The van der Waals surface area contributed by atoms with Gasteiger partial charge in [-0.2, -0.15) is 13.2 Å². The van der Waals surface area contributed by atoms with Gasteiger partial charge < -0.3 is 15.3 Å². The van der Waals surface area contributed by atoms with Crippen LogP contribution in [0.25, 0.3) is 10.8 Å². The zero-order valence-corrected chi connectivity index (χ0v) is 9.35. The normalized spacial score (nSPS) is 10.7. The zero-order valence-electron chi connectivity index (χ0n) is 9.35. The Bertz CT molecular complexity index is 556. The van der Waals surface area contributed by atoms with Gasteiger partial charge in [-0.25, -0.2) is 4.79 Å². The maximum absolute atomic E-state index is 10.6. The molecule has 0 fully saturated rings. The molecule has 2 aromatic rings. The third-order valence-corrected chi connectivity index (χ3v) is 2.05. The van der Waals surface area contributed by atoms with E-state index in [1.807, 2.05) is 12.1 Å². The smallest absolute Gasteiger partial charge is 0.490 e. The van der Waals surface area contributed by atoms with E-state index in [1.54, 1.807) is 24.3 Å². The van der Waals surface area contributed by atoms with Crippen LogP contribution in [0.1, 0.15) is 0 Å². The first-order valence-corrected chi connectivity index (χ1v) is 4.92. The molecule has 4 nitrogen and oxygen atoms in total. The Balaban J connectivity index is 0.000000224. The molecular formula is C12H9F3O4. The number of rotatable bonds is 0. The van der Waals surface area contributed by atoms with Crippen molar-refractivity contribution in [3.05, 3.63) is 36.4 Å². The fraction of sp³-hybridized carbons (Fsp3) is 0.0833. The molecule has 0 aromatic heterocycles. The third-order valence-electron chi connectivity index (χ3n) is 2.05. The van der Waals surface area contributed by atoms with E-state index in [2.05, 4.69) is 0 Å². The van der Waals surface area contributed by atoms with E-state index >= 15 is 0 Å². The zero-order chi connectivity index (χ0) is 14.6. The monoisotopic (exact) mass is 274 g/mol. The highest BCUT2D eigenvalue weighted by atomic mass is 19.4. The second-order valence-electron chi connectivity index (χ2n) is 3.52. The van der Waals surface area contributed by atoms with E-state index in [4.69, 9.17) is 20.1 Å². The molecule has 0 saturated heterocycles. The van der Waals surface area contributed by atoms with Crippen molar-refractivity contribution in [3.63, 3.8) is 0 Å². The van der Waals surface area contributed by atoms with E-state index in [1.165, 1.54) is 0 Å². The van der Waals surface area contributed by atoms with Gasteiger partial charge in [0, 0.05) is 0 Å². The number of phenolic OH excluding ortho intramolecular Hbond substituents is 2. The van der Waals surface area contributed by atoms with Gasteiger partial charge in [-0.1, -0.05) is 12.1 Å². The molecule has 0 amide bonds. The number of halogens is 3. The van der Waals surface area contributed by atoms with Crippen molar-refractivity contribution in [2.24, 2.45) is 0 Å². The molecule has 0 aliphatic heterocycles. The minimum Gasteiger partial charge on any atom is -0.508 e. The molecular weight excluding hydrogens is 265 g/mol. The topological polar surface area (TPSA) is 77.8 Å². The summed E-state index contributed by atoms with van der Waals surface area (Å²) in [5.41, 5.74) is 0. The first-order valence-electron chi connectivity index (χ1n) is 4.92. The molecule has 7 heteroatoms. The maximum Gasteiger partial charge on any atom is 0.490 e. The van der Waals surface area contributed by atoms with Gasteiger partial charge >= 0.3 is 12.1 Å². The van der Waals surface area contributed by atoms with E-state index in [0.717, 1.165) is 10.8 Å². The summed E-state index contributed by atoms with van der Waals surface area (Å²) in [6, 6.07) is 10.1. The predicted molar refractivity (Wildman–Crippen MR) is 61.0 cm³/mol. The number of hydrogen-bond acceptors (Lipinski definition) is 3. The van der Waals surface area contributed by atoms with Crippen molar-refractivity contribution in [1.29, 1.82) is 0 Å². The Kier molecular flexibility index (Phi) is 4.21. The molecule has 0 radical (unpaired) electrons. The summed E-state index contributed by atoms with van der Waals surface area (Å²) in [6.07, 6.45) is -5.08. The maximum atomic E-state index is 10.6. The summed E-state index contributed by atoms with van der Waals surface area (Å²) in [5, 5.41) is 27.3. The first-order chi connectivity index (χ1) is 8.70. The average molecular weight is 274 g/mol. The molecule has 3 N–H and O–H groups in total. The standard InChI is InChI=1S/C10H8O2.C2HF3O2/c11-9-3-1-7-2-4-10(12)6-8(7)5-9;3-2(4,5)1(6)7/h1-6,11-12H;(H,6,7). The van der Waals surface area contributed by atoms with Gasteiger partial charge in [0.05, 0.1) is 0 Å². The Morgan fingerprint density at radius 1 is 0.895 bits per heavy atom. The van der Waals surface area contributed by atoms with Crippen LogP contribution in [0.3, 0.4) is 0 Å². The van der Waals surface area contributed by atoms with Gasteiger partial charge in [0.15, 0.2) is 0 Å². The molecule has 0 atom stereocenters. The van der Waals surface area contributed by atoms with Crippen molar-refractivity contribution in [3.8, 4) is 11.5 Å². The van der Waals surface area contributed by atoms with Gasteiger partial charge in [-0.3, -0.25) is 0 Å². The van der Waals surface area contributed by atoms with E-state index in [0.29, 0.717) is 0 Å². The third kappa shape index (κ3) is 4.38. The molecule has 0 heterocycles.